The number of aromatic amines is 2. The Hall–Kier alpha value is -2.14. The molecule has 34 heavy (non-hydrogen) atoms. The number of sulfonamides is 1. The van der Waals surface area contributed by atoms with Crippen LogP contribution < -0.4 is 10.4 Å². The highest BCUT2D eigenvalue weighted by molar-refractivity contribution is 7.89. The van der Waals surface area contributed by atoms with Gasteiger partial charge in [0.2, 0.25) is 10.0 Å². The Morgan fingerprint density at radius 2 is 1.82 bits per heavy atom. The topological polar surface area (TPSA) is 111 Å². The number of fused-ring (bicyclic) bond motifs is 2. The zero-order chi connectivity index (χ0) is 23.4. The lowest BCUT2D eigenvalue weighted by Crippen LogP contribution is -2.50. The number of halogens is 1. The van der Waals surface area contributed by atoms with Gasteiger partial charge >= 0.3 is 5.69 Å². The van der Waals surface area contributed by atoms with Crippen LogP contribution in [0.1, 0.15) is 33.1 Å². The second kappa shape index (κ2) is 11.5. The summed E-state index contributed by atoms with van der Waals surface area (Å²) in [6.07, 6.45) is 2.76. The number of nitrogens with zero attached hydrogens (tertiary/aromatic N) is 3. The van der Waals surface area contributed by atoms with Crippen LogP contribution in [-0.4, -0.2) is 77.7 Å². The van der Waals surface area contributed by atoms with E-state index >= 15 is 0 Å². The predicted octanol–water partition coefficient (Wildman–Crippen LogP) is 2.98. The van der Waals surface area contributed by atoms with Crippen molar-refractivity contribution >= 4 is 44.5 Å². The molecule has 2 N–H and O–H groups in total. The number of aromatic nitrogens is 3. The van der Waals surface area contributed by atoms with Gasteiger partial charge in [-0.15, -0.1) is 12.4 Å². The van der Waals surface area contributed by atoms with Gasteiger partial charge in [0.25, 0.3) is 0 Å². The molecule has 0 bridgehead atoms. The molecule has 0 spiro atoms. The first-order valence-corrected chi connectivity index (χ1v) is 13.3. The zero-order valence-electron chi connectivity index (χ0n) is 19.7. The molecule has 1 fully saturated rings. The van der Waals surface area contributed by atoms with Crippen molar-refractivity contribution in [3.05, 3.63) is 34.7 Å². The fourth-order valence-electron chi connectivity index (χ4n) is 4.36. The van der Waals surface area contributed by atoms with E-state index in [-0.39, 0.29) is 23.8 Å². The normalized spacial score (nSPS) is 15.7. The molecule has 11 heteroatoms. The van der Waals surface area contributed by atoms with E-state index in [9.17, 15) is 13.2 Å². The minimum absolute atomic E-state index is 0. The van der Waals surface area contributed by atoms with Crippen molar-refractivity contribution in [2.24, 2.45) is 5.92 Å². The molecule has 3 heterocycles. The lowest BCUT2D eigenvalue weighted by atomic mass is 10.0. The maximum Gasteiger partial charge on any atom is 0.325 e. The van der Waals surface area contributed by atoms with Crippen LogP contribution in [0.2, 0.25) is 0 Å². The Morgan fingerprint density at radius 3 is 2.53 bits per heavy atom. The van der Waals surface area contributed by atoms with Gasteiger partial charge in [-0.1, -0.05) is 26.7 Å². The Balaban J connectivity index is 0.00000324. The van der Waals surface area contributed by atoms with Crippen molar-refractivity contribution < 1.29 is 13.2 Å². The molecule has 2 aromatic heterocycles. The van der Waals surface area contributed by atoms with E-state index in [1.165, 1.54) is 12.8 Å². The van der Waals surface area contributed by atoms with Crippen LogP contribution in [0.4, 0.5) is 0 Å². The van der Waals surface area contributed by atoms with Crippen molar-refractivity contribution in [3.8, 4) is 5.75 Å². The lowest BCUT2D eigenvalue weighted by Gasteiger charge is -2.35. The molecule has 0 radical (unpaired) electrons. The van der Waals surface area contributed by atoms with Gasteiger partial charge in [-0.2, -0.15) is 4.31 Å². The molecule has 188 valence electrons. The molecule has 0 unspecified atom stereocenters. The minimum Gasteiger partial charge on any atom is -0.494 e. The van der Waals surface area contributed by atoms with E-state index < -0.39 is 10.0 Å². The molecule has 0 aliphatic carbocycles. The summed E-state index contributed by atoms with van der Waals surface area (Å²) in [5, 5.41) is 0.842. The lowest BCUT2D eigenvalue weighted by molar-refractivity contribution is 0.161. The third-order valence-corrected chi connectivity index (χ3v) is 8.43. The third kappa shape index (κ3) is 6.29. The summed E-state index contributed by atoms with van der Waals surface area (Å²) in [5.74, 6) is 1.42. The summed E-state index contributed by atoms with van der Waals surface area (Å²) in [5.41, 5.74) is 1.60. The highest BCUT2D eigenvalue weighted by Gasteiger charge is 2.27. The summed E-state index contributed by atoms with van der Waals surface area (Å²) >= 11 is 0. The molecule has 1 aromatic carbocycles. The van der Waals surface area contributed by atoms with Crippen molar-refractivity contribution in [2.45, 2.75) is 33.1 Å². The molecule has 4 rings (SSSR count). The summed E-state index contributed by atoms with van der Waals surface area (Å²) in [7, 11) is -3.28. The summed E-state index contributed by atoms with van der Waals surface area (Å²) in [6, 6.07) is 7.32. The number of pyridine rings is 1. The van der Waals surface area contributed by atoms with Crippen molar-refractivity contribution in [1.29, 1.82) is 0 Å². The van der Waals surface area contributed by atoms with Gasteiger partial charge in [-0.25, -0.2) is 18.2 Å². The van der Waals surface area contributed by atoms with E-state index in [0.29, 0.717) is 48.9 Å². The second-order valence-electron chi connectivity index (χ2n) is 8.72. The number of ether oxygens (including phenoxy) is 1. The van der Waals surface area contributed by atoms with Crippen LogP contribution in [0.15, 0.2) is 29.1 Å². The Bertz CT molecular complexity index is 1250. The largest absolute Gasteiger partial charge is 0.494 e. The molecule has 1 aliphatic rings. The Labute approximate surface area is 206 Å². The van der Waals surface area contributed by atoms with E-state index in [1.54, 1.807) is 10.4 Å². The molecular formula is C23H34ClN5O4S. The van der Waals surface area contributed by atoms with Crippen LogP contribution in [0, 0.1) is 5.92 Å². The number of nitrogens with one attached hydrogen (secondary N) is 2. The van der Waals surface area contributed by atoms with E-state index in [0.717, 1.165) is 30.5 Å². The van der Waals surface area contributed by atoms with Gasteiger partial charge in [0.05, 0.1) is 23.4 Å². The van der Waals surface area contributed by atoms with E-state index in [4.69, 9.17) is 4.74 Å². The van der Waals surface area contributed by atoms with Crippen molar-refractivity contribution in [3.63, 3.8) is 0 Å². The van der Waals surface area contributed by atoms with Crippen LogP contribution in [0.5, 0.6) is 5.75 Å². The predicted molar refractivity (Wildman–Crippen MR) is 137 cm³/mol. The molecule has 0 amide bonds. The van der Waals surface area contributed by atoms with Gasteiger partial charge < -0.3 is 14.6 Å². The molecule has 0 atom stereocenters. The van der Waals surface area contributed by atoms with Gasteiger partial charge in [0.1, 0.15) is 5.75 Å². The van der Waals surface area contributed by atoms with Crippen molar-refractivity contribution in [1.82, 2.24) is 24.2 Å². The standard InChI is InChI=1S/C23H33N5O4S.ClH/c1-3-17(4-2)16-27-8-10-28(11-9-27)33(30,31)13-5-12-32-19-6-7-20-18(14-19)15-21-22(24-20)26-23(29)25-21;/h6-7,14-15,17H,3-5,8-13,16H2,1-2H3,(H2,24,25,26,29);1H. The fraction of sp³-hybridized carbons (Fsp3) is 0.565. The average molecular weight is 512 g/mol. The number of H-pyrrole nitrogens is 2. The Kier molecular flexibility index (Phi) is 8.97. The summed E-state index contributed by atoms with van der Waals surface area (Å²) in [6.45, 7) is 8.54. The smallest absolute Gasteiger partial charge is 0.325 e. The molecule has 0 saturated carbocycles. The molecule has 9 nitrogen and oxygen atoms in total. The monoisotopic (exact) mass is 511 g/mol. The SMILES string of the molecule is CCC(CC)CN1CCN(S(=O)(=O)CCCOc2ccc3nc4[nH]c(=O)[nH]c4cc3c2)CC1.Cl. The number of hydrogen-bond donors (Lipinski definition) is 2. The average Bonchev–Trinajstić information content (AvgIpc) is 3.17. The first-order valence-electron chi connectivity index (χ1n) is 11.7. The number of piperazine rings is 1. The third-order valence-electron chi connectivity index (χ3n) is 6.48. The first-order chi connectivity index (χ1) is 15.9. The van der Waals surface area contributed by atoms with Crippen LogP contribution in [-0.2, 0) is 10.0 Å². The highest BCUT2D eigenvalue weighted by Crippen LogP contribution is 2.22. The maximum absolute atomic E-state index is 12.8. The van der Waals surface area contributed by atoms with Gasteiger partial charge in [0, 0.05) is 38.1 Å². The molecule has 3 aromatic rings. The summed E-state index contributed by atoms with van der Waals surface area (Å²) < 4.78 is 32.9. The van der Waals surface area contributed by atoms with Gasteiger partial charge in [-0.3, -0.25) is 4.98 Å². The minimum atomic E-state index is -3.28. The molecule has 1 saturated heterocycles. The number of benzene rings is 1. The van der Waals surface area contributed by atoms with Crippen molar-refractivity contribution in [2.75, 3.05) is 45.1 Å². The van der Waals surface area contributed by atoms with Crippen LogP contribution >= 0.6 is 12.4 Å². The van der Waals surface area contributed by atoms with Crippen LogP contribution in [0.25, 0.3) is 22.1 Å². The second-order valence-corrected chi connectivity index (χ2v) is 10.8. The first kappa shape index (κ1) is 26.5. The number of rotatable bonds is 10. The number of imidazole rings is 1. The Morgan fingerprint density at radius 1 is 1.09 bits per heavy atom. The maximum atomic E-state index is 12.8. The highest BCUT2D eigenvalue weighted by atomic mass is 35.5. The number of hydrogen-bond acceptors (Lipinski definition) is 6. The molecular weight excluding hydrogens is 478 g/mol. The van der Waals surface area contributed by atoms with Crippen LogP contribution in [0.3, 0.4) is 0 Å². The van der Waals surface area contributed by atoms with E-state index in [2.05, 4.69) is 33.7 Å². The van der Waals surface area contributed by atoms with Gasteiger partial charge in [-0.05, 0) is 36.6 Å². The van der Waals surface area contributed by atoms with Gasteiger partial charge in [0.15, 0.2) is 5.65 Å². The van der Waals surface area contributed by atoms with E-state index in [1.807, 2.05) is 18.2 Å². The summed E-state index contributed by atoms with van der Waals surface area (Å²) in [4.78, 5) is 23.6. The zero-order valence-corrected chi connectivity index (χ0v) is 21.4. The molecule has 1 aliphatic heterocycles. The fourth-order valence-corrected chi connectivity index (χ4v) is 5.82. The quantitative estimate of drug-likeness (QED) is 0.405.